The van der Waals surface area contributed by atoms with Crippen molar-refractivity contribution >= 4 is 37.4 Å². The van der Waals surface area contributed by atoms with Crippen LogP contribution in [-0.4, -0.2) is 73.9 Å². The normalized spacial score (nSPS) is 12.9. The van der Waals surface area contributed by atoms with E-state index >= 15 is 0 Å². The summed E-state index contributed by atoms with van der Waals surface area (Å²) >= 11 is 0. The minimum absolute atomic E-state index is 0.0385. The van der Waals surface area contributed by atoms with Crippen LogP contribution in [0.25, 0.3) is 0 Å². The predicted molar refractivity (Wildman–Crippen MR) is 261 cm³/mol. The number of unbranched alkanes of at least 4 members (excludes halogenated alkanes) is 23. The van der Waals surface area contributed by atoms with E-state index in [0.29, 0.717) is 25.7 Å². The van der Waals surface area contributed by atoms with E-state index in [1.54, 1.807) is 0 Å². The number of carbonyl (C=O) groups excluding carboxylic acids is 5. The summed E-state index contributed by atoms with van der Waals surface area (Å²) in [4.78, 5) is 71.0. The average molecular weight is 941 g/mol. The zero-order chi connectivity index (χ0) is 47.9. The van der Waals surface area contributed by atoms with Crippen LogP contribution >= 0.6 is 7.82 Å². The van der Waals surface area contributed by atoms with Gasteiger partial charge in [0.2, 0.25) is 11.8 Å². The first-order valence-corrected chi connectivity index (χ1v) is 27.3. The van der Waals surface area contributed by atoms with Gasteiger partial charge in [-0.2, -0.15) is 0 Å². The number of esters is 2. The first-order valence-electron chi connectivity index (χ1n) is 25.8. The van der Waals surface area contributed by atoms with Gasteiger partial charge in [-0.25, -0.2) is 4.57 Å². The van der Waals surface area contributed by atoms with Crippen LogP contribution in [0.2, 0.25) is 0 Å². The second kappa shape index (κ2) is 46.3. The number of amides is 2. The Bertz CT molecular complexity index is 1310. The number of ketones is 1. The van der Waals surface area contributed by atoms with Crippen LogP contribution in [0.5, 0.6) is 0 Å². The molecule has 378 valence electrons. The number of phosphoric acid groups is 1. The molecule has 2 unspecified atom stereocenters. The van der Waals surface area contributed by atoms with Crippen LogP contribution in [0.4, 0.5) is 0 Å². The topological polar surface area (TPSA) is 184 Å². The fourth-order valence-electron chi connectivity index (χ4n) is 7.06. The van der Waals surface area contributed by atoms with E-state index in [1.807, 2.05) is 0 Å². The Labute approximate surface area is 394 Å². The molecular weight excluding hydrogens is 848 g/mol. The summed E-state index contributed by atoms with van der Waals surface area (Å²) in [5, 5.41) is 5.07. The standard InChI is InChI=1S/C51H93N2O11P/c1-4-6-8-10-12-14-16-18-20-22-24-26-28-30-32-38-50(57)61-44-47(64-51(58)39-33-31-29-27-25-23-21-19-17-15-13-11-9-7-5-2)45-63-65(59,60)62-43-42-53-49(56)37-35-34-36-46(54)40-41-48(55)52-3/h18-21,47H,4-17,22-45H2,1-3H3,(H,52,55)(H,53,56)(H,59,60)/b20-18+,21-19+. The fourth-order valence-corrected chi connectivity index (χ4v) is 7.82. The lowest BCUT2D eigenvalue weighted by molar-refractivity contribution is -0.161. The maximum atomic E-state index is 12.8. The molecule has 0 aliphatic heterocycles. The summed E-state index contributed by atoms with van der Waals surface area (Å²) in [5.74, 6) is -1.48. The largest absolute Gasteiger partial charge is 0.472 e. The molecule has 0 fully saturated rings. The van der Waals surface area contributed by atoms with Crippen LogP contribution < -0.4 is 10.6 Å². The van der Waals surface area contributed by atoms with Crippen LogP contribution in [0, 0.1) is 0 Å². The van der Waals surface area contributed by atoms with E-state index in [4.69, 9.17) is 18.5 Å². The second-order valence-corrected chi connectivity index (χ2v) is 18.8. The number of carbonyl (C=O) groups is 5. The van der Waals surface area contributed by atoms with Crippen molar-refractivity contribution in [3.8, 4) is 0 Å². The minimum Gasteiger partial charge on any atom is -0.462 e. The average Bonchev–Trinajstić information content (AvgIpc) is 3.29. The van der Waals surface area contributed by atoms with Crippen molar-refractivity contribution < 1.29 is 52.0 Å². The molecule has 0 aromatic rings. The molecule has 0 aromatic carbocycles. The van der Waals surface area contributed by atoms with E-state index < -0.39 is 32.5 Å². The molecule has 0 aromatic heterocycles. The molecular formula is C51H93N2O11P. The number of nitrogens with one attached hydrogen (secondary N) is 2. The molecule has 0 rings (SSSR count). The summed E-state index contributed by atoms with van der Waals surface area (Å²) in [6.07, 6.45) is 39.9. The number of rotatable bonds is 48. The van der Waals surface area contributed by atoms with Crippen LogP contribution in [0.1, 0.15) is 232 Å². The molecule has 0 spiro atoms. The van der Waals surface area contributed by atoms with Crippen molar-refractivity contribution in [3.05, 3.63) is 24.3 Å². The third-order valence-electron chi connectivity index (χ3n) is 11.1. The van der Waals surface area contributed by atoms with E-state index in [2.05, 4.69) is 48.8 Å². The lowest BCUT2D eigenvalue weighted by Gasteiger charge is -2.20. The summed E-state index contributed by atoms with van der Waals surface area (Å²) in [7, 11) is -3.09. The summed E-state index contributed by atoms with van der Waals surface area (Å²) in [5.41, 5.74) is 0. The number of allylic oxidation sites excluding steroid dienone is 4. The van der Waals surface area contributed by atoms with Gasteiger partial charge in [0.15, 0.2) is 6.10 Å². The Kier molecular flexibility index (Phi) is 44.2. The molecule has 0 bridgehead atoms. The third-order valence-corrected chi connectivity index (χ3v) is 12.1. The van der Waals surface area contributed by atoms with Gasteiger partial charge < -0.3 is 25.0 Å². The van der Waals surface area contributed by atoms with Crippen molar-refractivity contribution in [2.75, 3.05) is 33.4 Å². The predicted octanol–water partition coefficient (Wildman–Crippen LogP) is 12.4. The van der Waals surface area contributed by atoms with Gasteiger partial charge in [0.05, 0.1) is 13.2 Å². The molecule has 0 radical (unpaired) electrons. The van der Waals surface area contributed by atoms with Gasteiger partial charge in [0.1, 0.15) is 12.4 Å². The van der Waals surface area contributed by atoms with Crippen LogP contribution in [0.3, 0.4) is 0 Å². The molecule has 2 atom stereocenters. The van der Waals surface area contributed by atoms with E-state index in [1.165, 1.54) is 84.1 Å². The van der Waals surface area contributed by atoms with Crippen LogP contribution in [0.15, 0.2) is 24.3 Å². The van der Waals surface area contributed by atoms with E-state index in [9.17, 15) is 33.4 Å². The van der Waals surface area contributed by atoms with Crippen molar-refractivity contribution in [2.24, 2.45) is 0 Å². The maximum Gasteiger partial charge on any atom is 0.472 e. The lowest BCUT2D eigenvalue weighted by Crippen LogP contribution is -2.30. The Hall–Kier alpha value is -2.86. The molecule has 65 heavy (non-hydrogen) atoms. The number of hydrogen-bond donors (Lipinski definition) is 3. The maximum absolute atomic E-state index is 12.8. The second-order valence-electron chi connectivity index (χ2n) is 17.3. The van der Waals surface area contributed by atoms with Gasteiger partial charge in [-0.05, 0) is 77.0 Å². The number of hydrogen-bond acceptors (Lipinski definition) is 10. The molecule has 0 aliphatic rings. The summed E-state index contributed by atoms with van der Waals surface area (Å²) < 4.78 is 33.8. The highest BCUT2D eigenvalue weighted by atomic mass is 31.2. The smallest absolute Gasteiger partial charge is 0.462 e. The first-order chi connectivity index (χ1) is 31.5. The third kappa shape index (κ3) is 46.1. The van der Waals surface area contributed by atoms with Gasteiger partial charge in [-0.1, -0.05) is 141 Å². The fraction of sp³-hybridized carbons (Fsp3) is 0.824. The monoisotopic (exact) mass is 941 g/mol. The first kappa shape index (κ1) is 62.1. The van der Waals surface area contributed by atoms with Gasteiger partial charge >= 0.3 is 19.8 Å². The Morgan fingerprint density at radius 3 is 1.46 bits per heavy atom. The zero-order valence-corrected chi connectivity index (χ0v) is 42.1. The Morgan fingerprint density at radius 1 is 0.508 bits per heavy atom. The molecule has 3 N–H and O–H groups in total. The number of phosphoric ester groups is 1. The quantitative estimate of drug-likeness (QED) is 0.0228. The molecule has 13 nitrogen and oxygen atoms in total. The number of Topliss-reactive ketones (excluding diaryl/α,β-unsaturated/α-hetero) is 1. The highest BCUT2D eigenvalue weighted by Gasteiger charge is 2.26. The molecule has 0 heterocycles. The lowest BCUT2D eigenvalue weighted by atomic mass is 10.1. The highest BCUT2D eigenvalue weighted by molar-refractivity contribution is 7.47. The molecule has 0 saturated heterocycles. The highest BCUT2D eigenvalue weighted by Crippen LogP contribution is 2.43. The van der Waals surface area contributed by atoms with E-state index in [-0.39, 0.29) is 75.9 Å². The SMILES string of the molecule is CCCCCCCC/C=C/CCCCCCCC(=O)OCC(COP(=O)(O)OCCNC(=O)CCCCC(=O)CCC(=O)NC)OC(=O)CCCCCCC/C=C/CCCCCCCC. The summed E-state index contributed by atoms with van der Waals surface area (Å²) in [6, 6.07) is 0. The molecule has 0 aliphatic carbocycles. The van der Waals surface area contributed by atoms with Gasteiger partial charge in [0, 0.05) is 52.1 Å². The Balaban J connectivity index is 4.62. The Morgan fingerprint density at radius 2 is 0.954 bits per heavy atom. The van der Waals surface area contributed by atoms with Gasteiger partial charge in [-0.15, -0.1) is 0 Å². The zero-order valence-electron chi connectivity index (χ0n) is 41.2. The van der Waals surface area contributed by atoms with Crippen molar-refractivity contribution in [3.63, 3.8) is 0 Å². The number of ether oxygens (including phenoxy) is 2. The van der Waals surface area contributed by atoms with Crippen molar-refractivity contribution in [1.82, 2.24) is 10.6 Å². The van der Waals surface area contributed by atoms with Crippen molar-refractivity contribution in [1.29, 1.82) is 0 Å². The minimum atomic E-state index is -4.61. The molecule has 14 heteroatoms. The van der Waals surface area contributed by atoms with E-state index in [0.717, 1.165) is 77.0 Å². The molecule has 2 amide bonds. The van der Waals surface area contributed by atoms with Gasteiger partial charge in [-0.3, -0.25) is 33.0 Å². The van der Waals surface area contributed by atoms with Crippen molar-refractivity contribution in [2.45, 2.75) is 238 Å². The van der Waals surface area contributed by atoms with Gasteiger partial charge in [0.25, 0.3) is 0 Å². The molecule has 0 saturated carbocycles. The summed E-state index contributed by atoms with van der Waals surface area (Å²) in [6.45, 7) is 3.26. The van der Waals surface area contributed by atoms with Crippen LogP contribution in [-0.2, 0) is 47.1 Å².